The molecule has 1 amide bonds. The van der Waals surface area contributed by atoms with E-state index in [0.29, 0.717) is 16.4 Å². The summed E-state index contributed by atoms with van der Waals surface area (Å²) in [7, 11) is 0. The number of halogens is 1. The van der Waals surface area contributed by atoms with Crippen LogP contribution in [0.4, 0.5) is 11.4 Å². The van der Waals surface area contributed by atoms with Gasteiger partial charge in [-0.1, -0.05) is 30.3 Å². The maximum Gasteiger partial charge on any atom is 0.237 e. The molecule has 0 spiro atoms. The van der Waals surface area contributed by atoms with Crippen LogP contribution in [0.25, 0.3) is 0 Å². The Labute approximate surface area is 136 Å². The highest BCUT2D eigenvalue weighted by molar-refractivity contribution is 8.02. The van der Waals surface area contributed by atoms with Crippen molar-refractivity contribution in [1.29, 1.82) is 0 Å². The first-order chi connectivity index (χ1) is 9.99. The Morgan fingerprint density at radius 3 is 3.00 bits per heavy atom. The van der Waals surface area contributed by atoms with E-state index in [1.165, 1.54) is 23.3 Å². The summed E-state index contributed by atoms with van der Waals surface area (Å²) >= 11 is 8.58. The molecule has 2 aromatic rings. The lowest BCUT2D eigenvalue weighted by Gasteiger charge is -2.12. The van der Waals surface area contributed by atoms with Crippen LogP contribution < -0.4 is 11.1 Å². The summed E-state index contributed by atoms with van der Waals surface area (Å²) in [6, 6.07) is 4.97. The predicted octanol–water partition coefficient (Wildman–Crippen LogP) is 3.46. The van der Waals surface area contributed by atoms with Crippen LogP contribution in [0.3, 0.4) is 0 Å². The number of nitrogens with two attached hydrogens (primary N) is 1. The van der Waals surface area contributed by atoms with Crippen molar-refractivity contribution in [3.05, 3.63) is 29.0 Å². The molecule has 1 atom stereocenters. The second-order valence-corrected chi connectivity index (χ2v) is 7.09. The van der Waals surface area contributed by atoms with E-state index in [0.717, 1.165) is 16.6 Å². The van der Waals surface area contributed by atoms with E-state index in [-0.39, 0.29) is 11.2 Å². The van der Waals surface area contributed by atoms with Gasteiger partial charge in [-0.05, 0) is 36.7 Å². The summed E-state index contributed by atoms with van der Waals surface area (Å²) < 4.78 is 4.98. The Balaban J connectivity index is 2.00. The van der Waals surface area contributed by atoms with Gasteiger partial charge in [0.05, 0.1) is 16.6 Å². The zero-order chi connectivity index (χ0) is 15.4. The third-order valence-corrected chi connectivity index (χ3v) is 4.84. The first-order valence-electron chi connectivity index (χ1n) is 6.34. The number of nitrogen functional groups attached to an aromatic ring is 1. The highest BCUT2D eigenvalue weighted by Crippen LogP contribution is 2.28. The molecule has 0 bridgehead atoms. The number of amides is 1. The smallest absolute Gasteiger partial charge is 0.237 e. The molecular formula is C13H15ClN4OS2. The molecule has 8 heteroatoms. The highest BCUT2D eigenvalue weighted by atomic mass is 35.5. The molecular weight excluding hydrogens is 328 g/mol. The first kappa shape index (κ1) is 16.1. The molecule has 112 valence electrons. The molecule has 5 nitrogen and oxygen atoms in total. The number of carbonyl (C=O) groups is 1. The molecule has 0 aliphatic heterocycles. The molecule has 0 saturated carbocycles. The Hall–Kier alpha value is -1.31. The minimum atomic E-state index is -0.305. The molecule has 3 N–H and O–H groups in total. The maximum atomic E-state index is 12.2. The number of aromatic nitrogens is 2. The fourth-order valence-corrected chi connectivity index (χ4v) is 3.52. The summed E-state index contributed by atoms with van der Waals surface area (Å²) in [4.78, 5) is 16.5. The second kappa shape index (κ2) is 7.11. The van der Waals surface area contributed by atoms with Gasteiger partial charge in [0.15, 0.2) is 4.34 Å². The third kappa shape index (κ3) is 4.33. The van der Waals surface area contributed by atoms with Crippen molar-refractivity contribution < 1.29 is 4.79 Å². The van der Waals surface area contributed by atoms with Crippen molar-refractivity contribution >= 4 is 52.2 Å². The van der Waals surface area contributed by atoms with Crippen LogP contribution in [0.2, 0.25) is 5.02 Å². The predicted molar refractivity (Wildman–Crippen MR) is 89.1 cm³/mol. The average molecular weight is 343 g/mol. The van der Waals surface area contributed by atoms with E-state index in [4.69, 9.17) is 17.3 Å². The number of anilines is 2. The van der Waals surface area contributed by atoms with Crippen LogP contribution in [0.15, 0.2) is 22.5 Å². The van der Waals surface area contributed by atoms with Crippen LogP contribution in [0, 0.1) is 0 Å². The van der Waals surface area contributed by atoms with E-state index < -0.39 is 0 Å². The molecule has 2 rings (SSSR count). The number of thioether (sulfide) groups is 1. The van der Waals surface area contributed by atoms with Crippen molar-refractivity contribution in [2.45, 2.75) is 29.9 Å². The zero-order valence-corrected chi connectivity index (χ0v) is 14.0. The summed E-state index contributed by atoms with van der Waals surface area (Å²) in [6.07, 6.45) is 0.788. The summed E-state index contributed by atoms with van der Waals surface area (Å²) in [5.41, 5.74) is 6.81. The van der Waals surface area contributed by atoms with Crippen molar-refractivity contribution in [2.75, 3.05) is 11.1 Å². The number of hydrogen-bond donors (Lipinski definition) is 2. The van der Waals surface area contributed by atoms with Gasteiger partial charge in [0, 0.05) is 11.4 Å². The SMILES string of the molecule is CCc1nsc(SC(C)C(=O)Nc2cc(Cl)ccc2N)n1. The molecule has 0 radical (unpaired) electrons. The van der Waals surface area contributed by atoms with Gasteiger partial charge in [-0.15, -0.1) is 0 Å². The van der Waals surface area contributed by atoms with Crippen molar-refractivity contribution in [3.8, 4) is 0 Å². The van der Waals surface area contributed by atoms with Gasteiger partial charge >= 0.3 is 0 Å². The number of aryl methyl sites for hydroxylation is 1. The lowest BCUT2D eigenvalue weighted by Crippen LogP contribution is -2.22. The molecule has 1 heterocycles. The van der Waals surface area contributed by atoms with Crippen molar-refractivity contribution in [1.82, 2.24) is 9.36 Å². The molecule has 1 aromatic carbocycles. The lowest BCUT2D eigenvalue weighted by atomic mass is 10.2. The molecule has 21 heavy (non-hydrogen) atoms. The average Bonchev–Trinajstić information content (AvgIpc) is 2.90. The number of benzene rings is 1. The molecule has 0 saturated heterocycles. The van der Waals surface area contributed by atoms with Gasteiger partial charge < -0.3 is 11.1 Å². The molecule has 0 aliphatic carbocycles. The van der Waals surface area contributed by atoms with Gasteiger partial charge in [0.25, 0.3) is 0 Å². The summed E-state index contributed by atoms with van der Waals surface area (Å²) in [5, 5.41) is 3.00. The maximum absolute atomic E-state index is 12.2. The standard InChI is InChI=1S/C13H15ClN4OS2/c1-3-11-17-13(21-18-11)20-7(2)12(19)16-10-6-8(14)4-5-9(10)15/h4-7H,3,15H2,1-2H3,(H,16,19). The largest absolute Gasteiger partial charge is 0.397 e. The van der Waals surface area contributed by atoms with Gasteiger partial charge in [-0.25, -0.2) is 4.98 Å². The minimum Gasteiger partial charge on any atom is -0.397 e. The van der Waals surface area contributed by atoms with Crippen LogP contribution in [0.1, 0.15) is 19.7 Å². The Morgan fingerprint density at radius 2 is 2.33 bits per heavy atom. The highest BCUT2D eigenvalue weighted by Gasteiger charge is 2.18. The quantitative estimate of drug-likeness (QED) is 0.642. The van der Waals surface area contributed by atoms with Crippen LogP contribution in [0.5, 0.6) is 0 Å². The van der Waals surface area contributed by atoms with Crippen molar-refractivity contribution in [3.63, 3.8) is 0 Å². The topological polar surface area (TPSA) is 80.9 Å². The monoisotopic (exact) mass is 342 g/mol. The Morgan fingerprint density at radius 1 is 1.57 bits per heavy atom. The number of rotatable bonds is 5. The lowest BCUT2D eigenvalue weighted by molar-refractivity contribution is -0.115. The number of hydrogen-bond acceptors (Lipinski definition) is 6. The molecule has 0 aliphatic rings. The van der Waals surface area contributed by atoms with Gasteiger partial charge in [-0.3, -0.25) is 4.79 Å². The molecule has 1 aromatic heterocycles. The minimum absolute atomic E-state index is 0.151. The van der Waals surface area contributed by atoms with E-state index in [9.17, 15) is 4.79 Å². The van der Waals surface area contributed by atoms with Crippen LogP contribution in [-0.4, -0.2) is 20.5 Å². The summed E-state index contributed by atoms with van der Waals surface area (Å²) in [6.45, 7) is 3.81. The second-order valence-electron chi connectivity index (χ2n) is 4.31. The zero-order valence-electron chi connectivity index (χ0n) is 11.6. The van der Waals surface area contributed by atoms with Crippen LogP contribution in [-0.2, 0) is 11.2 Å². The van der Waals surface area contributed by atoms with Gasteiger partial charge in [-0.2, -0.15) is 4.37 Å². The van der Waals surface area contributed by atoms with E-state index >= 15 is 0 Å². The Bertz CT molecular complexity index is 647. The normalized spacial score (nSPS) is 12.1. The third-order valence-electron chi connectivity index (χ3n) is 2.69. The fraction of sp³-hybridized carbons (Fsp3) is 0.308. The van der Waals surface area contributed by atoms with Crippen LogP contribution >= 0.6 is 34.9 Å². The molecule has 0 fully saturated rings. The number of nitrogens with one attached hydrogen (secondary N) is 1. The first-order valence-corrected chi connectivity index (χ1v) is 8.37. The van der Waals surface area contributed by atoms with Crippen molar-refractivity contribution in [2.24, 2.45) is 0 Å². The van der Waals surface area contributed by atoms with E-state index in [2.05, 4.69) is 14.7 Å². The van der Waals surface area contributed by atoms with Gasteiger partial charge in [0.2, 0.25) is 5.91 Å². The number of nitrogens with zero attached hydrogens (tertiary/aromatic N) is 2. The van der Waals surface area contributed by atoms with E-state index in [1.54, 1.807) is 18.2 Å². The Kier molecular flexibility index (Phi) is 5.44. The van der Waals surface area contributed by atoms with Gasteiger partial charge in [0.1, 0.15) is 5.82 Å². The molecule has 1 unspecified atom stereocenters. The number of carbonyl (C=O) groups excluding carboxylic acids is 1. The van der Waals surface area contributed by atoms with E-state index in [1.807, 2.05) is 13.8 Å². The fourth-order valence-electron chi connectivity index (χ4n) is 1.51. The summed E-state index contributed by atoms with van der Waals surface area (Å²) in [5.74, 6) is 0.649.